The molecule has 110 valence electrons. The van der Waals surface area contributed by atoms with Crippen LogP contribution in [0.2, 0.25) is 0 Å². The van der Waals surface area contributed by atoms with Crippen molar-refractivity contribution in [2.24, 2.45) is 0 Å². The summed E-state index contributed by atoms with van der Waals surface area (Å²) in [5, 5.41) is 10.7. The Bertz CT molecular complexity index is 803. The lowest BCUT2D eigenvalue weighted by Crippen LogP contribution is -2.13. The van der Waals surface area contributed by atoms with Crippen LogP contribution in [-0.4, -0.2) is 13.3 Å². The highest BCUT2D eigenvalue weighted by molar-refractivity contribution is 7.92. The molecule has 2 aromatic carbocycles. The van der Waals surface area contributed by atoms with Gasteiger partial charge in [0.05, 0.1) is 15.5 Å². The van der Waals surface area contributed by atoms with Gasteiger partial charge in [0, 0.05) is 17.8 Å². The van der Waals surface area contributed by atoms with E-state index in [9.17, 15) is 18.5 Å². The van der Waals surface area contributed by atoms with E-state index in [2.05, 4.69) is 4.72 Å². The molecule has 0 spiro atoms. The van der Waals surface area contributed by atoms with Gasteiger partial charge >= 0.3 is 0 Å². The van der Waals surface area contributed by atoms with E-state index >= 15 is 0 Å². The van der Waals surface area contributed by atoms with E-state index in [1.807, 2.05) is 0 Å². The Morgan fingerprint density at radius 3 is 2.52 bits per heavy atom. The van der Waals surface area contributed by atoms with Crippen LogP contribution in [0.15, 0.2) is 47.4 Å². The van der Waals surface area contributed by atoms with Gasteiger partial charge in [0.15, 0.2) is 0 Å². The summed E-state index contributed by atoms with van der Waals surface area (Å²) >= 11 is 0. The first-order valence-corrected chi connectivity index (χ1v) is 7.41. The molecule has 0 saturated heterocycles. The van der Waals surface area contributed by atoms with Crippen LogP contribution >= 0.6 is 0 Å². The average molecular weight is 307 g/mol. The van der Waals surface area contributed by atoms with E-state index in [-0.39, 0.29) is 10.6 Å². The fourth-order valence-corrected chi connectivity index (χ4v) is 2.77. The zero-order chi connectivity index (χ0) is 15.6. The van der Waals surface area contributed by atoms with E-state index in [4.69, 9.17) is 5.73 Å². The summed E-state index contributed by atoms with van der Waals surface area (Å²) in [6, 6.07) is 9.57. The number of nitrogens with zero attached hydrogens (tertiary/aromatic N) is 1. The summed E-state index contributed by atoms with van der Waals surface area (Å²) in [5.74, 6) is 0. The average Bonchev–Trinajstić information content (AvgIpc) is 2.43. The van der Waals surface area contributed by atoms with Crippen molar-refractivity contribution in [3.63, 3.8) is 0 Å². The van der Waals surface area contributed by atoms with Crippen molar-refractivity contribution in [2.45, 2.75) is 11.8 Å². The third-order valence-electron chi connectivity index (χ3n) is 2.87. The van der Waals surface area contributed by atoms with Crippen LogP contribution in [0.25, 0.3) is 0 Å². The maximum Gasteiger partial charge on any atom is 0.270 e. The van der Waals surface area contributed by atoms with Crippen LogP contribution in [-0.2, 0) is 10.0 Å². The maximum absolute atomic E-state index is 12.2. The summed E-state index contributed by atoms with van der Waals surface area (Å²) in [4.78, 5) is 9.86. The standard InChI is InChI=1S/C13H13N3O4S/c1-9-5-6-10(7-13(9)14)15-21(19,20)12-4-2-3-11(8-12)16(17)18/h2-8,15H,14H2,1H3. The number of anilines is 2. The van der Waals surface area contributed by atoms with Gasteiger partial charge in [-0.2, -0.15) is 0 Å². The second kappa shape index (κ2) is 5.41. The van der Waals surface area contributed by atoms with Crippen molar-refractivity contribution in [2.75, 3.05) is 10.5 Å². The predicted octanol–water partition coefficient (Wildman–Crippen LogP) is 2.29. The molecule has 0 aliphatic carbocycles. The Morgan fingerprint density at radius 1 is 1.19 bits per heavy atom. The minimum atomic E-state index is -3.91. The minimum absolute atomic E-state index is 0.184. The van der Waals surface area contributed by atoms with Crippen LogP contribution in [0.1, 0.15) is 5.56 Å². The summed E-state index contributed by atoms with van der Waals surface area (Å²) in [6.45, 7) is 1.80. The van der Waals surface area contributed by atoms with Crippen LogP contribution < -0.4 is 10.5 Å². The Kier molecular flexibility index (Phi) is 3.81. The molecular formula is C13H13N3O4S. The fraction of sp³-hybridized carbons (Fsp3) is 0.0769. The van der Waals surface area contributed by atoms with E-state index < -0.39 is 14.9 Å². The lowest BCUT2D eigenvalue weighted by Gasteiger charge is -2.09. The maximum atomic E-state index is 12.2. The largest absolute Gasteiger partial charge is 0.398 e. The Morgan fingerprint density at radius 2 is 1.90 bits per heavy atom. The molecule has 0 amide bonds. The molecule has 0 aliphatic rings. The zero-order valence-electron chi connectivity index (χ0n) is 11.1. The van der Waals surface area contributed by atoms with Gasteiger partial charge in [-0.1, -0.05) is 12.1 Å². The van der Waals surface area contributed by atoms with Gasteiger partial charge in [-0.3, -0.25) is 14.8 Å². The molecule has 0 aliphatic heterocycles. The zero-order valence-corrected chi connectivity index (χ0v) is 11.9. The Balaban J connectivity index is 2.36. The van der Waals surface area contributed by atoms with E-state index in [1.54, 1.807) is 19.1 Å². The first kappa shape index (κ1) is 14.8. The number of nitro benzene ring substituents is 1. The lowest BCUT2D eigenvalue weighted by atomic mass is 10.2. The topological polar surface area (TPSA) is 115 Å². The number of nitrogens with two attached hydrogens (primary N) is 1. The second-order valence-electron chi connectivity index (χ2n) is 4.43. The smallest absolute Gasteiger partial charge is 0.270 e. The highest BCUT2D eigenvalue weighted by atomic mass is 32.2. The first-order valence-electron chi connectivity index (χ1n) is 5.93. The summed E-state index contributed by atoms with van der Waals surface area (Å²) in [6.07, 6.45) is 0. The second-order valence-corrected chi connectivity index (χ2v) is 6.11. The Hall–Kier alpha value is -2.61. The van der Waals surface area contributed by atoms with Crippen molar-refractivity contribution in [3.05, 3.63) is 58.1 Å². The highest BCUT2D eigenvalue weighted by Crippen LogP contribution is 2.22. The molecule has 2 rings (SSSR count). The minimum Gasteiger partial charge on any atom is -0.398 e. The molecule has 7 nitrogen and oxygen atoms in total. The predicted molar refractivity (Wildman–Crippen MR) is 79.5 cm³/mol. The number of hydrogen-bond acceptors (Lipinski definition) is 5. The van der Waals surface area contributed by atoms with Crippen LogP contribution in [0.3, 0.4) is 0 Å². The molecule has 0 unspecified atom stereocenters. The van der Waals surface area contributed by atoms with Gasteiger partial charge in [-0.05, 0) is 30.7 Å². The summed E-state index contributed by atoms with van der Waals surface area (Å²) < 4.78 is 26.7. The monoisotopic (exact) mass is 307 g/mol. The molecule has 0 fully saturated rings. The molecular weight excluding hydrogens is 294 g/mol. The number of nitrogen functional groups attached to an aromatic ring is 1. The van der Waals surface area contributed by atoms with Gasteiger partial charge in [-0.25, -0.2) is 8.42 Å². The molecule has 21 heavy (non-hydrogen) atoms. The number of nitro groups is 1. The van der Waals surface area contributed by atoms with Gasteiger partial charge in [0.2, 0.25) is 0 Å². The number of non-ortho nitro benzene ring substituents is 1. The molecule has 0 bridgehead atoms. The quantitative estimate of drug-likeness (QED) is 0.511. The van der Waals surface area contributed by atoms with E-state index in [0.717, 1.165) is 11.6 Å². The summed E-state index contributed by atoms with van der Waals surface area (Å²) in [5.41, 5.74) is 7.00. The number of nitrogens with one attached hydrogen (secondary N) is 1. The van der Waals surface area contributed by atoms with Crippen molar-refractivity contribution in [1.29, 1.82) is 0 Å². The number of rotatable bonds is 4. The normalized spacial score (nSPS) is 11.1. The third-order valence-corrected chi connectivity index (χ3v) is 4.25. The number of hydrogen-bond donors (Lipinski definition) is 2. The van der Waals surface area contributed by atoms with Gasteiger partial charge in [0.1, 0.15) is 0 Å². The van der Waals surface area contributed by atoms with Crippen molar-refractivity contribution >= 4 is 27.1 Å². The third kappa shape index (κ3) is 3.29. The number of benzene rings is 2. The summed E-state index contributed by atoms with van der Waals surface area (Å²) in [7, 11) is -3.91. The molecule has 0 aromatic heterocycles. The molecule has 0 saturated carbocycles. The molecule has 3 N–H and O–H groups in total. The van der Waals surface area contributed by atoms with Gasteiger partial charge in [-0.15, -0.1) is 0 Å². The fourth-order valence-electron chi connectivity index (χ4n) is 1.68. The number of sulfonamides is 1. The van der Waals surface area contributed by atoms with Gasteiger partial charge in [0.25, 0.3) is 15.7 Å². The van der Waals surface area contributed by atoms with Gasteiger partial charge < -0.3 is 5.73 Å². The molecule has 0 heterocycles. The van der Waals surface area contributed by atoms with Crippen molar-refractivity contribution in [3.8, 4) is 0 Å². The lowest BCUT2D eigenvalue weighted by molar-refractivity contribution is -0.385. The van der Waals surface area contributed by atoms with Crippen LogP contribution in [0.4, 0.5) is 17.1 Å². The molecule has 8 heteroatoms. The highest BCUT2D eigenvalue weighted by Gasteiger charge is 2.17. The molecule has 0 atom stereocenters. The molecule has 0 radical (unpaired) electrons. The van der Waals surface area contributed by atoms with Crippen LogP contribution in [0, 0.1) is 17.0 Å². The first-order chi connectivity index (χ1) is 9.79. The SMILES string of the molecule is Cc1ccc(NS(=O)(=O)c2cccc([N+](=O)[O-])c2)cc1N. The van der Waals surface area contributed by atoms with Crippen LogP contribution in [0.5, 0.6) is 0 Å². The van der Waals surface area contributed by atoms with Crippen molar-refractivity contribution < 1.29 is 13.3 Å². The van der Waals surface area contributed by atoms with E-state index in [0.29, 0.717) is 11.4 Å². The van der Waals surface area contributed by atoms with E-state index in [1.165, 1.54) is 24.3 Å². The number of aryl methyl sites for hydroxylation is 1. The Labute approximate surface area is 121 Å². The molecule has 2 aromatic rings. The van der Waals surface area contributed by atoms with Crippen molar-refractivity contribution in [1.82, 2.24) is 0 Å².